The number of phenols is 1. The second kappa shape index (κ2) is 5.44. The third-order valence-corrected chi connectivity index (χ3v) is 2.83. The number of aromatic hydroxyl groups is 1. The van der Waals surface area contributed by atoms with E-state index in [0.29, 0.717) is 17.1 Å². The standard InChI is InChI=1S/C14H11ClN2O/c15-13-7-12(5-6-14(13)18)17-9-11-3-1-10(8-16)2-4-11/h1-7,17-18H,9H2. The van der Waals surface area contributed by atoms with Crippen molar-refractivity contribution in [2.45, 2.75) is 6.54 Å². The van der Waals surface area contributed by atoms with Gasteiger partial charge in [0.15, 0.2) is 0 Å². The van der Waals surface area contributed by atoms with Crippen molar-refractivity contribution in [3.63, 3.8) is 0 Å². The van der Waals surface area contributed by atoms with Gasteiger partial charge in [-0.1, -0.05) is 23.7 Å². The zero-order chi connectivity index (χ0) is 13.0. The maximum atomic E-state index is 9.30. The molecule has 0 aliphatic rings. The zero-order valence-electron chi connectivity index (χ0n) is 9.52. The van der Waals surface area contributed by atoms with Gasteiger partial charge in [0.1, 0.15) is 5.75 Å². The van der Waals surface area contributed by atoms with E-state index in [1.807, 2.05) is 12.1 Å². The minimum Gasteiger partial charge on any atom is -0.506 e. The van der Waals surface area contributed by atoms with E-state index in [1.54, 1.807) is 30.3 Å². The van der Waals surface area contributed by atoms with E-state index in [-0.39, 0.29) is 5.75 Å². The Hall–Kier alpha value is -2.18. The first-order chi connectivity index (χ1) is 8.69. The Bertz CT molecular complexity index is 588. The third-order valence-electron chi connectivity index (χ3n) is 2.53. The second-order valence-corrected chi connectivity index (χ2v) is 4.24. The number of hydrogen-bond acceptors (Lipinski definition) is 3. The molecule has 2 N–H and O–H groups in total. The van der Waals surface area contributed by atoms with Crippen molar-refractivity contribution in [3.05, 3.63) is 58.6 Å². The average molecular weight is 259 g/mol. The van der Waals surface area contributed by atoms with Crippen LogP contribution < -0.4 is 5.32 Å². The van der Waals surface area contributed by atoms with Gasteiger partial charge < -0.3 is 10.4 Å². The lowest BCUT2D eigenvalue weighted by Gasteiger charge is -2.07. The quantitative estimate of drug-likeness (QED) is 0.828. The summed E-state index contributed by atoms with van der Waals surface area (Å²) in [4.78, 5) is 0. The summed E-state index contributed by atoms with van der Waals surface area (Å²) in [6.45, 7) is 0.632. The molecule has 0 aromatic heterocycles. The fourth-order valence-corrected chi connectivity index (χ4v) is 1.70. The molecular formula is C14H11ClN2O. The number of benzene rings is 2. The van der Waals surface area contributed by atoms with Crippen LogP contribution in [0.2, 0.25) is 5.02 Å². The normalized spacial score (nSPS) is 9.78. The van der Waals surface area contributed by atoms with E-state index >= 15 is 0 Å². The highest BCUT2D eigenvalue weighted by Crippen LogP contribution is 2.26. The summed E-state index contributed by atoms with van der Waals surface area (Å²) in [6, 6.07) is 14.4. The van der Waals surface area contributed by atoms with Crippen molar-refractivity contribution in [2.75, 3.05) is 5.32 Å². The molecule has 2 rings (SSSR count). The van der Waals surface area contributed by atoms with Crippen LogP contribution in [0.4, 0.5) is 5.69 Å². The van der Waals surface area contributed by atoms with Crippen LogP contribution in [0.3, 0.4) is 0 Å². The fourth-order valence-electron chi connectivity index (χ4n) is 1.52. The summed E-state index contributed by atoms with van der Waals surface area (Å²) in [5.74, 6) is 0.0700. The first kappa shape index (κ1) is 12.3. The van der Waals surface area contributed by atoms with E-state index in [1.165, 1.54) is 0 Å². The van der Waals surface area contributed by atoms with E-state index in [0.717, 1.165) is 11.3 Å². The molecule has 0 heterocycles. The first-order valence-corrected chi connectivity index (χ1v) is 5.78. The number of phenolic OH excluding ortho intramolecular Hbond substituents is 1. The van der Waals surface area contributed by atoms with Gasteiger partial charge in [-0.2, -0.15) is 5.26 Å². The predicted octanol–water partition coefficient (Wildman–Crippen LogP) is 3.53. The SMILES string of the molecule is N#Cc1ccc(CNc2ccc(O)c(Cl)c2)cc1. The Balaban J connectivity index is 2.02. The molecule has 0 radical (unpaired) electrons. The smallest absolute Gasteiger partial charge is 0.134 e. The van der Waals surface area contributed by atoms with Crippen LogP contribution in [0.5, 0.6) is 5.75 Å². The van der Waals surface area contributed by atoms with Gasteiger partial charge in [0.25, 0.3) is 0 Å². The third kappa shape index (κ3) is 2.93. The molecule has 2 aromatic carbocycles. The number of hydrogen-bond donors (Lipinski definition) is 2. The Labute approximate surface area is 110 Å². The van der Waals surface area contributed by atoms with Crippen molar-refractivity contribution >= 4 is 17.3 Å². The van der Waals surface area contributed by atoms with Crippen LogP contribution in [0.1, 0.15) is 11.1 Å². The van der Waals surface area contributed by atoms with E-state index in [4.69, 9.17) is 16.9 Å². The second-order valence-electron chi connectivity index (χ2n) is 3.83. The lowest BCUT2D eigenvalue weighted by atomic mass is 10.1. The molecule has 0 saturated heterocycles. The maximum absolute atomic E-state index is 9.30. The molecule has 0 aliphatic carbocycles. The lowest BCUT2D eigenvalue weighted by Crippen LogP contribution is -1.99. The van der Waals surface area contributed by atoms with Gasteiger partial charge in [0.2, 0.25) is 0 Å². The Morgan fingerprint density at radius 2 is 1.89 bits per heavy atom. The van der Waals surface area contributed by atoms with E-state index in [9.17, 15) is 5.11 Å². The minimum atomic E-state index is 0.0700. The summed E-state index contributed by atoms with van der Waals surface area (Å²) < 4.78 is 0. The van der Waals surface area contributed by atoms with Crippen molar-refractivity contribution in [3.8, 4) is 11.8 Å². The highest BCUT2D eigenvalue weighted by Gasteiger charge is 2.00. The van der Waals surface area contributed by atoms with Crippen LogP contribution in [0, 0.1) is 11.3 Å². The molecule has 0 aliphatic heterocycles. The highest BCUT2D eigenvalue weighted by molar-refractivity contribution is 6.32. The topological polar surface area (TPSA) is 56.0 Å². The molecule has 0 fully saturated rings. The molecule has 0 saturated carbocycles. The van der Waals surface area contributed by atoms with E-state index in [2.05, 4.69) is 11.4 Å². The maximum Gasteiger partial charge on any atom is 0.134 e. The molecule has 0 bridgehead atoms. The minimum absolute atomic E-state index is 0.0700. The van der Waals surface area contributed by atoms with Crippen molar-refractivity contribution in [1.29, 1.82) is 5.26 Å². The number of rotatable bonds is 3. The van der Waals surface area contributed by atoms with E-state index < -0.39 is 0 Å². The van der Waals surface area contributed by atoms with Crippen molar-refractivity contribution in [1.82, 2.24) is 0 Å². The Kier molecular flexibility index (Phi) is 3.71. The number of nitrogens with one attached hydrogen (secondary N) is 1. The molecule has 0 amide bonds. The van der Waals surface area contributed by atoms with Gasteiger partial charge >= 0.3 is 0 Å². The summed E-state index contributed by atoms with van der Waals surface area (Å²) in [6.07, 6.45) is 0. The van der Waals surface area contributed by atoms with Gasteiger partial charge in [-0.05, 0) is 35.9 Å². The van der Waals surface area contributed by atoms with Gasteiger partial charge in [0.05, 0.1) is 16.7 Å². The first-order valence-electron chi connectivity index (χ1n) is 5.40. The Morgan fingerprint density at radius 3 is 2.50 bits per heavy atom. The molecule has 0 atom stereocenters. The number of nitrogens with zero attached hydrogens (tertiary/aromatic N) is 1. The highest BCUT2D eigenvalue weighted by atomic mass is 35.5. The Morgan fingerprint density at radius 1 is 1.17 bits per heavy atom. The zero-order valence-corrected chi connectivity index (χ0v) is 10.3. The van der Waals surface area contributed by atoms with Gasteiger partial charge in [-0.25, -0.2) is 0 Å². The predicted molar refractivity (Wildman–Crippen MR) is 71.6 cm³/mol. The molecule has 2 aromatic rings. The lowest BCUT2D eigenvalue weighted by molar-refractivity contribution is 0.475. The van der Waals surface area contributed by atoms with Crippen LogP contribution in [0.25, 0.3) is 0 Å². The summed E-state index contributed by atoms with van der Waals surface area (Å²) in [5.41, 5.74) is 2.55. The van der Waals surface area contributed by atoms with Gasteiger partial charge in [0, 0.05) is 12.2 Å². The largest absolute Gasteiger partial charge is 0.506 e. The van der Waals surface area contributed by atoms with Gasteiger partial charge in [-0.3, -0.25) is 0 Å². The number of nitriles is 1. The fraction of sp³-hybridized carbons (Fsp3) is 0.0714. The summed E-state index contributed by atoms with van der Waals surface area (Å²) in [7, 11) is 0. The number of halogens is 1. The summed E-state index contributed by atoms with van der Waals surface area (Å²) >= 11 is 5.81. The molecule has 0 spiro atoms. The van der Waals surface area contributed by atoms with Crippen LogP contribution in [-0.4, -0.2) is 5.11 Å². The van der Waals surface area contributed by atoms with Crippen LogP contribution >= 0.6 is 11.6 Å². The van der Waals surface area contributed by atoms with Crippen molar-refractivity contribution in [2.24, 2.45) is 0 Å². The number of anilines is 1. The van der Waals surface area contributed by atoms with Crippen molar-refractivity contribution < 1.29 is 5.11 Å². The molecular weight excluding hydrogens is 248 g/mol. The molecule has 4 heteroatoms. The van der Waals surface area contributed by atoms with Gasteiger partial charge in [-0.15, -0.1) is 0 Å². The summed E-state index contributed by atoms with van der Waals surface area (Å²) in [5, 5.41) is 21.5. The average Bonchev–Trinajstić information content (AvgIpc) is 2.41. The molecule has 3 nitrogen and oxygen atoms in total. The molecule has 0 unspecified atom stereocenters. The van der Waals surface area contributed by atoms with Crippen LogP contribution in [-0.2, 0) is 6.54 Å². The molecule has 90 valence electrons. The monoisotopic (exact) mass is 258 g/mol. The van der Waals surface area contributed by atoms with Crippen LogP contribution in [0.15, 0.2) is 42.5 Å². The molecule has 18 heavy (non-hydrogen) atoms.